The molecule has 45 heavy (non-hydrogen) atoms. The minimum Gasteiger partial charge on any atom is -0.361 e. The van der Waals surface area contributed by atoms with Crippen molar-refractivity contribution in [3.8, 4) is 0 Å². The molecule has 0 spiro atoms. The maximum absolute atomic E-state index is 14.8. The zero-order valence-electron chi connectivity index (χ0n) is 26.5. The third-order valence-electron chi connectivity index (χ3n) is 9.60. The van der Waals surface area contributed by atoms with Gasteiger partial charge in [-0.15, -0.1) is 0 Å². The standard InChI is InChI=1S/C37H44ClN5O2/c1-25(32-22-39-33-12-8-7-11-31(32)33)35(40-37(45)42-17-15-27(16-18-42)19-26-9-5-4-6-10-26)36(44)43-24-28(23-41(2)3)20-29-21-30(38)13-14-34(29)43/h4-14,21-22,25,27-28,35,39H,15-20,23-24H2,1-3H3,(H,40,45)/t25?,28-,35?/m1/s1. The number of aromatic amines is 1. The number of piperidine rings is 1. The van der Waals surface area contributed by atoms with Crippen LogP contribution in [0.5, 0.6) is 0 Å². The van der Waals surface area contributed by atoms with Crippen molar-refractivity contribution in [3.05, 3.63) is 101 Å². The van der Waals surface area contributed by atoms with E-state index < -0.39 is 6.04 Å². The number of hydrogen-bond acceptors (Lipinski definition) is 3. The van der Waals surface area contributed by atoms with E-state index >= 15 is 0 Å². The lowest BCUT2D eigenvalue weighted by Gasteiger charge is -2.39. The Morgan fingerprint density at radius 1 is 1.00 bits per heavy atom. The average Bonchev–Trinajstić information content (AvgIpc) is 3.47. The highest BCUT2D eigenvalue weighted by atomic mass is 35.5. The fraction of sp³-hybridized carbons (Fsp3) is 0.405. The van der Waals surface area contributed by atoms with Crippen LogP contribution in [0.3, 0.4) is 0 Å². The fourth-order valence-electron chi connectivity index (χ4n) is 7.29. The summed E-state index contributed by atoms with van der Waals surface area (Å²) in [6.07, 6.45) is 5.76. The number of carbonyl (C=O) groups is 2. The number of carbonyl (C=O) groups excluding carboxylic acids is 2. The van der Waals surface area contributed by atoms with Crippen molar-refractivity contribution in [1.29, 1.82) is 0 Å². The molecule has 1 aromatic heterocycles. The number of rotatable bonds is 8. The third kappa shape index (κ3) is 7.05. The minimum absolute atomic E-state index is 0.0906. The van der Waals surface area contributed by atoms with Crippen LogP contribution >= 0.6 is 11.6 Å². The maximum atomic E-state index is 14.8. The average molecular weight is 626 g/mol. The number of benzene rings is 3. The van der Waals surface area contributed by atoms with Crippen molar-refractivity contribution in [2.45, 2.75) is 44.6 Å². The van der Waals surface area contributed by atoms with Gasteiger partial charge in [-0.25, -0.2) is 4.79 Å². The number of likely N-dealkylation sites (tertiary alicyclic amines) is 1. The van der Waals surface area contributed by atoms with Crippen LogP contribution in [-0.2, 0) is 17.6 Å². The van der Waals surface area contributed by atoms with Crippen molar-refractivity contribution < 1.29 is 9.59 Å². The zero-order chi connectivity index (χ0) is 31.5. The Labute approximate surface area is 271 Å². The maximum Gasteiger partial charge on any atom is 0.318 e. The van der Waals surface area contributed by atoms with Gasteiger partial charge in [-0.05, 0) is 92.6 Å². The molecule has 1 saturated heterocycles. The van der Waals surface area contributed by atoms with Crippen molar-refractivity contribution in [1.82, 2.24) is 20.1 Å². The van der Waals surface area contributed by atoms with Crippen LogP contribution in [0, 0.1) is 11.8 Å². The second-order valence-corrected chi connectivity index (χ2v) is 13.6. The van der Waals surface area contributed by atoms with Gasteiger partial charge in [0.25, 0.3) is 0 Å². The molecule has 3 aromatic carbocycles. The summed E-state index contributed by atoms with van der Waals surface area (Å²) in [5.41, 5.74) is 5.32. The molecule has 8 heteroatoms. The molecule has 236 valence electrons. The van der Waals surface area contributed by atoms with Crippen molar-refractivity contribution in [3.63, 3.8) is 0 Å². The normalized spacial score (nSPS) is 18.6. The number of fused-ring (bicyclic) bond motifs is 2. The SMILES string of the molecule is CC(c1c[nH]c2ccccc12)C(NC(=O)N1CCC(Cc2ccccc2)CC1)C(=O)N1C[C@@H](CN(C)C)Cc2cc(Cl)ccc21. The van der Waals surface area contributed by atoms with Crippen LogP contribution in [0.25, 0.3) is 10.9 Å². The molecule has 3 amide bonds. The Hall–Kier alpha value is -3.81. The lowest BCUT2D eigenvalue weighted by molar-refractivity contribution is -0.121. The first-order valence-electron chi connectivity index (χ1n) is 16.2. The summed E-state index contributed by atoms with van der Waals surface area (Å²) in [5.74, 6) is 0.438. The predicted octanol–water partition coefficient (Wildman–Crippen LogP) is 6.72. The molecular formula is C37H44ClN5O2. The molecule has 2 aliphatic rings. The van der Waals surface area contributed by atoms with E-state index in [9.17, 15) is 9.59 Å². The van der Waals surface area contributed by atoms with E-state index in [-0.39, 0.29) is 23.8 Å². The Morgan fingerprint density at radius 3 is 2.49 bits per heavy atom. The van der Waals surface area contributed by atoms with Gasteiger partial charge < -0.3 is 25.0 Å². The summed E-state index contributed by atoms with van der Waals surface area (Å²) in [5, 5.41) is 4.98. The highest BCUT2D eigenvalue weighted by molar-refractivity contribution is 6.30. The van der Waals surface area contributed by atoms with Crippen molar-refractivity contribution >= 4 is 40.1 Å². The molecule has 0 bridgehead atoms. The second-order valence-electron chi connectivity index (χ2n) is 13.2. The summed E-state index contributed by atoms with van der Waals surface area (Å²) >= 11 is 6.42. The lowest BCUT2D eigenvalue weighted by Crippen LogP contribution is -2.57. The first-order chi connectivity index (χ1) is 21.8. The molecule has 4 aromatic rings. The molecule has 0 radical (unpaired) electrons. The second kappa shape index (κ2) is 13.7. The highest BCUT2D eigenvalue weighted by Crippen LogP contribution is 2.35. The van der Waals surface area contributed by atoms with E-state index in [0.29, 0.717) is 30.6 Å². The van der Waals surface area contributed by atoms with E-state index in [1.807, 2.05) is 58.5 Å². The monoisotopic (exact) mass is 625 g/mol. The van der Waals surface area contributed by atoms with Gasteiger partial charge in [0, 0.05) is 59.9 Å². The van der Waals surface area contributed by atoms with Crippen LogP contribution in [0.2, 0.25) is 5.02 Å². The number of aromatic nitrogens is 1. The van der Waals surface area contributed by atoms with Crippen LogP contribution in [0.1, 0.15) is 42.4 Å². The first-order valence-corrected chi connectivity index (χ1v) is 16.5. The van der Waals surface area contributed by atoms with Gasteiger partial charge in [0.1, 0.15) is 6.04 Å². The molecular weight excluding hydrogens is 582 g/mol. The van der Waals surface area contributed by atoms with Gasteiger partial charge >= 0.3 is 6.03 Å². The predicted molar refractivity (Wildman–Crippen MR) is 183 cm³/mol. The molecule has 0 saturated carbocycles. The molecule has 3 atom stereocenters. The summed E-state index contributed by atoms with van der Waals surface area (Å²) in [6.45, 7) is 4.85. The van der Waals surface area contributed by atoms with E-state index in [4.69, 9.17) is 11.6 Å². The third-order valence-corrected chi connectivity index (χ3v) is 9.83. The van der Waals surface area contributed by atoms with Gasteiger partial charge in [0.05, 0.1) is 0 Å². The number of urea groups is 1. The number of hydrogen-bond donors (Lipinski definition) is 2. The molecule has 6 rings (SSSR count). The van der Waals surface area contributed by atoms with Crippen LogP contribution in [0.15, 0.2) is 79.0 Å². The molecule has 2 unspecified atom stereocenters. The van der Waals surface area contributed by atoms with E-state index in [0.717, 1.165) is 59.9 Å². The molecule has 1 fully saturated rings. The Kier molecular flexibility index (Phi) is 9.47. The number of para-hydroxylation sites is 1. The van der Waals surface area contributed by atoms with Crippen LogP contribution in [-0.4, -0.2) is 73.0 Å². The minimum atomic E-state index is -0.750. The smallest absolute Gasteiger partial charge is 0.318 e. The van der Waals surface area contributed by atoms with Gasteiger partial charge in [0.2, 0.25) is 5.91 Å². The largest absolute Gasteiger partial charge is 0.361 e. The van der Waals surface area contributed by atoms with Crippen molar-refractivity contribution in [2.24, 2.45) is 11.8 Å². The van der Waals surface area contributed by atoms with Gasteiger partial charge in [-0.1, -0.05) is 67.1 Å². The van der Waals surface area contributed by atoms with E-state index in [2.05, 4.69) is 66.6 Å². The Morgan fingerprint density at radius 2 is 1.73 bits per heavy atom. The topological polar surface area (TPSA) is 71.7 Å². The van der Waals surface area contributed by atoms with Crippen molar-refractivity contribution in [2.75, 3.05) is 45.2 Å². The van der Waals surface area contributed by atoms with Crippen LogP contribution in [0.4, 0.5) is 10.5 Å². The zero-order valence-corrected chi connectivity index (χ0v) is 27.3. The Balaban J connectivity index is 1.26. The molecule has 2 N–H and O–H groups in total. The number of halogens is 1. The number of anilines is 1. The van der Waals surface area contributed by atoms with Crippen LogP contribution < -0.4 is 10.2 Å². The lowest BCUT2D eigenvalue weighted by atomic mass is 9.88. The molecule has 2 aliphatic heterocycles. The quantitative estimate of drug-likeness (QED) is 0.228. The molecule has 7 nitrogen and oxygen atoms in total. The van der Waals surface area contributed by atoms with Gasteiger partial charge in [0.15, 0.2) is 0 Å². The van der Waals surface area contributed by atoms with E-state index in [1.165, 1.54) is 5.56 Å². The fourth-order valence-corrected chi connectivity index (χ4v) is 7.49. The molecule has 3 heterocycles. The summed E-state index contributed by atoms with van der Waals surface area (Å²) < 4.78 is 0. The Bertz CT molecular complexity index is 1630. The summed E-state index contributed by atoms with van der Waals surface area (Å²) in [6, 6.07) is 23.6. The number of nitrogens with one attached hydrogen (secondary N) is 2. The number of amides is 3. The summed E-state index contributed by atoms with van der Waals surface area (Å²) in [4.78, 5) is 38.0. The molecule has 0 aliphatic carbocycles. The van der Waals surface area contributed by atoms with Gasteiger partial charge in [-0.3, -0.25) is 4.79 Å². The number of nitrogens with zero attached hydrogens (tertiary/aromatic N) is 3. The summed E-state index contributed by atoms with van der Waals surface area (Å²) in [7, 11) is 4.12. The van der Waals surface area contributed by atoms with Gasteiger partial charge in [-0.2, -0.15) is 0 Å². The van der Waals surface area contributed by atoms with E-state index in [1.54, 1.807) is 0 Å². The highest BCUT2D eigenvalue weighted by Gasteiger charge is 2.38. The number of H-pyrrole nitrogens is 1. The first kappa shape index (κ1) is 31.2.